The second-order valence-corrected chi connectivity index (χ2v) is 6.32. The lowest BCUT2D eigenvalue weighted by molar-refractivity contribution is 0.0384. The summed E-state index contributed by atoms with van der Waals surface area (Å²) < 4.78 is 20.0. The molecule has 2 heterocycles. The molecular formula is C17H21ClFN3O. The van der Waals surface area contributed by atoms with Crippen LogP contribution >= 0.6 is 11.6 Å². The molecule has 1 aromatic heterocycles. The molecule has 1 atom stereocenters. The summed E-state index contributed by atoms with van der Waals surface area (Å²) in [6.45, 7) is 5.92. The van der Waals surface area contributed by atoms with Gasteiger partial charge in [-0.2, -0.15) is 0 Å². The first-order valence-corrected chi connectivity index (χ1v) is 8.28. The van der Waals surface area contributed by atoms with Crippen LogP contribution in [0, 0.1) is 5.82 Å². The van der Waals surface area contributed by atoms with E-state index in [1.807, 2.05) is 0 Å². The SMILES string of the molecule is C[C@H](N)c1nc(CCN2CCOCC2)c2c(Cl)cccc2c1F. The van der Waals surface area contributed by atoms with Crippen LogP contribution in [0.1, 0.15) is 24.4 Å². The average Bonchev–Trinajstić information content (AvgIpc) is 2.55. The van der Waals surface area contributed by atoms with Crippen LogP contribution < -0.4 is 5.73 Å². The number of hydrogen-bond donors (Lipinski definition) is 1. The predicted molar refractivity (Wildman–Crippen MR) is 90.3 cm³/mol. The van der Waals surface area contributed by atoms with Gasteiger partial charge in [0, 0.05) is 42.9 Å². The molecule has 4 nitrogen and oxygen atoms in total. The van der Waals surface area contributed by atoms with E-state index in [-0.39, 0.29) is 5.82 Å². The van der Waals surface area contributed by atoms with Gasteiger partial charge in [0.15, 0.2) is 5.82 Å². The second kappa shape index (κ2) is 7.09. The van der Waals surface area contributed by atoms with Crippen LogP contribution in [-0.4, -0.2) is 42.7 Å². The van der Waals surface area contributed by atoms with Crippen molar-refractivity contribution in [2.45, 2.75) is 19.4 Å². The predicted octanol–water partition coefficient (Wildman–Crippen LogP) is 2.92. The Hall–Kier alpha value is -1.27. The highest BCUT2D eigenvalue weighted by molar-refractivity contribution is 6.35. The van der Waals surface area contributed by atoms with Crippen LogP contribution in [0.2, 0.25) is 5.02 Å². The Bertz CT molecular complexity index is 702. The number of nitrogens with zero attached hydrogens (tertiary/aromatic N) is 2. The molecule has 1 saturated heterocycles. The van der Waals surface area contributed by atoms with Crippen molar-refractivity contribution < 1.29 is 9.13 Å². The van der Waals surface area contributed by atoms with Crippen LogP contribution in [-0.2, 0) is 11.2 Å². The van der Waals surface area contributed by atoms with Crippen molar-refractivity contribution in [1.82, 2.24) is 9.88 Å². The summed E-state index contributed by atoms with van der Waals surface area (Å²) in [5.41, 5.74) is 7.00. The highest BCUT2D eigenvalue weighted by Gasteiger charge is 2.19. The third-order valence-electron chi connectivity index (χ3n) is 4.22. The first-order valence-electron chi connectivity index (χ1n) is 7.90. The Labute approximate surface area is 140 Å². The summed E-state index contributed by atoms with van der Waals surface area (Å²) in [4.78, 5) is 6.82. The zero-order chi connectivity index (χ0) is 16.4. The van der Waals surface area contributed by atoms with Crippen LogP contribution in [0.3, 0.4) is 0 Å². The minimum atomic E-state index is -0.458. The quantitative estimate of drug-likeness (QED) is 0.932. The van der Waals surface area contributed by atoms with Crippen molar-refractivity contribution in [3.05, 3.63) is 40.4 Å². The van der Waals surface area contributed by atoms with Gasteiger partial charge in [-0.3, -0.25) is 9.88 Å². The Morgan fingerprint density at radius 3 is 2.83 bits per heavy atom. The molecule has 1 fully saturated rings. The Morgan fingerprint density at radius 1 is 1.39 bits per heavy atom. The molecule has 1 aliphatic rings. The maximum Gasteiger partial charge on any atom is 0.154 e. The Morgan fingerprint density at radius 2 is 2.13 bits per heavy atom. The van der Waals surface area contributed by atoms with Crippen molar-refractivity contribution in [3.63, 3.8) is 0 Å². The lowest BCUT2D eigenvalue weighted by atomic mass is 10.0. The summed E-state index contributed by atoms with van der Waals surface area (Å²) in [7, 11) is 0. The fourth-order valence-electron chi connectivity index (χ4n) is 2.96. The van der Waals surface area contributed by atoms with Gasteiger partial charge in [0.1, 0.15) is 0 Å². The number of ether oxygens (including phenoxy) is 1. The molecule has 0 aliphatic carbocycles. The number of pyridine rings is 1. The van der Waals surface area contributed by atoms with Crippen molar-refractivity contribution in [3.8, 4) is 0 Å². The maximum absolute atomic E-state index is 14.6. The van der Waals surface area contributed by atoms with E-state index in [1.54, 1.807) is 25.1 Å². The minimum absolute atomic E-state index is 0.303. The number of halogens is 2. The number of morpholine rings is 1. The van der Waals surface area contributed by atoms with Crippen LogP contribution in [0.15, 0.2) is 18.2 Å². The zero-order valence-corrected chi connectivity index (χ0v) is 13.9. The average molecular weight is 338 g/mol. The van der Waals surface area contributed by atoms with E-state index in [0.29, 0.717) is 27.9 Å². The Kier molecular flexibility index (Phi) is 5.11. The van der Waals surface area contributed by atoms with Crippen molar-refractivity contribution in [2.75, 3.05) is 32.8 Å². The van der Waals surface area contributed by atoms with Gasteiger partial charge in [0.2, 0.25) is 0 Å². The van der Waals surface area contributed by atoms with E-state index in [2.05, 4.69) is 9.88 Å². The molecule has 0 amide bonds. The van der Waals surface area contributed by atoms with Gasteiger partial charge < -0.3 is 10.5 Å². The molecule has 23 heavy (non-hydrogen) atoms. The Balaban J connectivity index is 1.98. The normalized spacial score (nSPS) is 17.6. The number of nitrogens with two attached hydrogens (primary N) is 1. The van der Waals surface area contributed by atoms with Gasteiger partial charge in [-0.05, 0) is 13.0 Å². The molecule has 0 bridgehead atoms. The molecule has 0 spiro atoms. The maximum atomic E-state index is 14.6. The van der Waals surface area contributed by atoms with Crippen LogP contribution in [0.4, 0.5) is 4.39 Å². The smallest absolute Gasteiger partial charge is 0.154 e. The second-order valence-electron chi connectivity index (χ2n) is 5.91. The fourth-order valence-corrected chi connectivity index (χ4v) is 3.24. The topological polar surface area (TPSA) is 51.4 Å². The molecule has 0 saturated carbocycles. The molecule has 124 valence electrons. The summed E-state index contributed by atoms with van der Waals surface area (Å²) in [6, 6.07) is 4.81. The summed E-state index contributed by atoms with van der Waals surface area (Å²) in [6.07, 6.45) is 0.709. The molecule has 1 aromatic carbocycles. The van der Waals surface area contributed by atoms with Gasteiger partial charge in [-0.25, -0.2) is 4.39 Å². The summed E-state index contributed by atoms with van der Waals surface area (Å²) in [5, 5.41) is 1.73. The molecule has 0 radical (unpaired) electrons. The molecule has 2 aromatic rings. The van der Waals surface area contributed by atoms with Crippen molar-refractivity contribution >= 4 is 22.4 Å². The molecule has 1 aliphatic heterocycles. The molecule has 0 unspecified atom stereocenters. The highest BCUT2D eigenvalue weighted by atomic mass is 35.5. The molecule has 6 heteroatoms. The van der Waals surface area contributed by atoms with E-state index in [1.165, 1.54) is 0 Å². The fraction of sp³-hybridized carbons (Fsp3) is 0.471. The van der Waals surface area contributed by atoms with Gasteiger partial charge >= 0.3 is 0 Å². The highest BCUT2D eigenvalue weighted by Crippen LogP contribution is 2.31. The van der Waals surface area contributed by atoms with Crippen LogP contribution in [0.5, 0.6) is 0 Å². The van der Waals surface area contributed by atoms with Gasteiger partial charge in [0.05, 0.1) is 29.6 Å². The van der Waals surface area contributed by atoms with Gasteiger partial charge in [-0.1, -0.05) is 23.7 Å². The minimum Gasteiger partial charge on any atom is -0.379 e. The third-order valence-corrected chi connectivity index (χ3v) is 4.53. The summed E-state index contributed by atoms with van der Waals surface area (Å²) >= 11 is 6.32. The monoisotopic (exact) mass is 337 g/mol. The van der Waals surface area contributed by atoms with Gasteiger partial charge in [-0.15, -0.1) is 0 Å². The summed E-state index contributed by atoms with van der Waals surface area (Å²) in [5.74, 6) is -0.368. The van der Waals surface area contributed by atoms with Gasteiger partial charge in [0.25, 0.3) is 0 Å². The number of benzene rings is 1. The lowest BCUT2D eigenvalue weighted by Gasteiger charge is -2.26. The number of hydrogen-bond acceptors (Lipinski definition) is 4. The first kappa shape index (κ1) is 16.6. The van der Waals surface area contributed by atoms with E-state index < -0.39 is 6.04 Å². The van der Waals surface area contributed by atoms with E-state index >= 15 is 0 Å². The molecular weight excluding hydrogens is 317 g/mol. The standard InChI is InChI=1S/C17H21ClFN3O/c1-11(20)17-16(19)12-3-2-4-13(18)15(12)14(21-17)5-6-22-7-9-23-10-8-22/h2-4,11H,5-10,20H2,1H3/t11-/m0/s1. The largest absolute Gasteiger partial charge is 0.379 e. The molecule has 2 N–H and O–H groups in total. The zero-order valence-electron chi connectivity index (χ0n) is 13.2. The van der Waals surface area contributed by atoms with E-state index in [4.69, 9.17) is 22.1 Å². The van der Waals surface area contributed by atoms with E-state index in [9.17, 15) is 4.39 Å². The van der Waals surface area contributed by atoms with Crippen molar-refractivity contribution in [2.24, 2.45) is 5.73 Å². The molecule has 3 rings (SSSR count). The number of rotatable bonds is 4. The third kappa shape index (κ3) is 3.48. The first-order chi connectivity index (χ1) is 11.1. The van der Waals surface area contributed by atoms with E-state index in [0.717, 1.165) is 38.5 Å². The lowest BCUT2D eigenvalue weighted by Crippen LogP contribution is -2.37. The van der Waals surface area contributed by atoms with Crippen LogP contribution in [0.25, 0.3) is 10.8 Å². The number of fused-ring (bicyclic) bond motifs is 1. The van der Waals surface area contributed by atoms with Crippen molar-refractivity contribution in [1.29, 1.82) is 0 Å². The number of aromatic nitrogens is 1.